The molecule has 6 nitrogen and oxygen atoms in total. The predicted molar refractivity (Wildman–Crippen MR) is 83.1 cm³/mol. The molecule has 1 aromatic carbocycles. The normalized spacial score (nSPS) is 23.4. The van der Waals surface area contributed by atoms with Gasteiger partial charge in [-0.15, -0.1) is 0 Å². The van der Waals surface area contributed by atoms with Gasteiger partial charge in [0, 0.05) is 31.2 Å². The van der Waals surface area contributed by atoms with E-state index in [4.69, 9.17) is 5.73 Å². The highest BCUT2D eigenvalue weighted by Gasteiger charge is 2.36. The summed E-state index contributed by atoms with van der Waals surface area (Å²) < 4.78 is 27.2. The lowest BCUT2D eigenvalue weighted by Gasteiger charge is -2.36. The van der Waals surface area contributed by atoms with Gasteiger partial charge < -0.3 is 5.73 Å². The van der Waals surface area contributed by atoms with Crippen LogP contribution in [0.25, 0.3) is 0 Å². The third kappa shape index (κ3) is 2.64. The van der Waals surface area contributed by atoms with E-state index in [1.54, 1.807) is 19.1 Å². The minimum atomic E-state index is -3.57. The van der Waals surface area contributed by atoms with Crippen LogP contribution in [0.3, 0.4) is 0 Å². The average Bonchev–Trinajstić information content (AvgIpc) is 2.94. The summed E-state index contributed by atoms with van der Waals surface area (Å²) in [6.45, 7) is 4.61. The third-order valence-electron chi connectivity index (χ3n) is 4.66. The first-order chi connectivity index (χ1) is 10.4. The zero-order chi connectivity index (χ0) is 15.9. The van der Waals surface area contributed by atoms with Crippen LogP contribution in [0.1, 0.15) is 28.8 Å². The van der Waals surface area contributed by atoms with Gasteiger partial charge in [-0.3, -0.25) is 9.69 Å². The lowest BCUT2D eigenvalue weighted by molar-refractivity contribution is 0.0999. The molecule has 0 radical (unpaired) electrons. The first-order valence-electron chi connectivity index (χ1n) is 7.54. The molecule has 2 aliphatic rings. The Bertz CT molecular complexity index is 702. The highest BCUT2D eigenvalue weighted by molar-refractivity contribution is 7.89. The monoisotopic (exact) mass is 323 g/mol. The highest BCUT2D eigenvalue weighted by atomic mass is 32.2. The van der Waals surface area contributed by atoms with E-state index in [1.165, 1.54) is 10.4 Å². The third-order valence-corrected chi connectivity index (χ3v) is 6.52. The van der Waals surface area contributed by atoms with Crippen LogP contribution in [0.15, 0.2) is 23.1 Å². The molecule has 1 unspecified atom stereocenters. The maximum Gasteiger partial charge on any atom is 0.249 e. The van der Waals surface area contributed by atoms with E-state index in [0.717, 1.165) is 25.9 Å². The first kappa shape index (κ1) is 15.5. The van der Waals surface area contributed by atoms with Crippen molar-refractivity contribution >= 4 is 15.9 Å². The standard InChI is InChI=1S/C15H21N3O3S/c1-11-4-5-13(9-14(11)15(16)19)22(20,21)18-8-7-17-6-2-3-12(17)10-18/h4-5,9,12H,2-3,6-8,10H2,1H3,(H2,16,19). The van der Waals surface area contributed by atoms with Gasteiger partial charge in [-0.25, -0.2) is 8.42 Å². The molecule has 1 atom stereocenters. The number of piperazine rings is 1. The number of amides is 1. The van der Waals surface area contributed by atoms with E-state index in [1.807, 2.05) is 0 Å². The van der Waals surface area contributed by atoms with Crippen LogP contribution in [0.4, 0.5) is 0 Å². The summed E-state index contributed by atoms with van der Waals surface area (Å²) in [5, 5.41) is 0. The molecule has 2 aliphatic heterocycles. The number of fused-ring (bicyclic) bond motifs is 1. The van der Waals surface area contributed by atoms with Crippen LogP contribution in [0.5, 0.6) is 0 Å². The second-order valence-electron chi connectivity index (χ2n) is 6.04. The quantitative estimate of drug-likeness (QED) is 0.881. The summed E-state index contributed by atoms with van der Waals surface area (Å²) in [4.78, 5) is 13.9. The van der Waals surface area contributed by atoms with Crippen LogP contribution >= 0.6 is 0 Å². The fourth-order valence-corrected chi connectivity index (χ4v) is 4.85. The van der Waals surface area contributed by atoms with Crippen molar-refractivity contribution in [1.29, 1.82) is 0 Å². The molecule has 0 saturated carbocycles. The minimum Gasteiger partial charge on any atom is -0.366 e. The van der Waals surface area contributed by atoms with Crippen molar-refractivity contribution in [3.8, 4) is 0 Å². The van der Waals surface area contributed by atoms with Gasteiger partial charge in [0.05, 0.1) is 4.90 Å². The molecule has 120 valence electrons. The lowest BCUT2D eigenvalue weighted by Crippen LogP contribution is -2.51. The number of nitrogens with two attached hydrogens (primary N) is 1. The molecule has 3 rings (SSSR count). The molecule has 2 N–H and O–H groups in total. The van der Waals surface area contributed by atoms with Gasteiger partial charge in [-0.1, -0.05) is 6.07 Å². The van der Waals surface area contributed by atoms with E-state index in [2.05, 4.69) is 4.90 Å². The van der Waals surface area contributed by atoms with Crippen LogP contribution in [-0.2, 0) is 10.0 Å². The Kier molecular flexibility index (Phi) is 3.96. The minimum absolute atomic E-state index is 0.151. The number of sulfonamides is 1. The average molecular weight is 323 g/mol. The molecule has 2 heterocycles. The molecule has 2 fully saturated rings. The predicted octanol–water partition coefficient (Wildman–Crippen LogP) is 0.563. The van der Waals surface area contributed by atoms with Gasteiger partial charge in [0.25, 0.3) is 0 Å². The number of carbonyl (C=O) groups is 1. The topological polar surface area (TPSA) is 83.7 Å². The van der Waals surface area contributed by atoms with Crippen LogP contribution in [-0.4, -0.2) is 55.8 Å². The number of benzene rings is 1. The molecule has 0 aromatic heterocycles. The summed E-state index contributed by atoms with van der Waals surface area (Å²) in [6.07, 6.45) is 2.18. The largest absolute Gasteiger partial charge is 0.366 e. The maximum absolute atomic E-state index is 12.8. The molecular formula is C15H21N3O3S. The number of hydrogen-bond acceptors (Lipinski definition) is 4. The fourth-order valence-electron chi connectivity index (χ4n) is 3.36. The van der Waals surface area contributed by atoms with Crippen LogP contribution in [0, 0.1) is 6.92 Å². The summed E-state index contributed by atoms with van der Waals surface area (Å²) in [6, 6.07) is 4.91. The van der Waals surface area contributed by atoms with Gasteiger partial charge in [0.2, 0.25) is 15.9 Å². The Morgan fingerprint density at radius 2 is 2.05 bits per heavy atom. The number of aryl methyl sites for hydroxylation is 1. The Morgan fingerprint density at radius 3 is 2.77 bits per heavy atom. The van der Waals surface area contributed by atoms with Crippen LogP contribution in [0.2, 0.25) is 0 Å². The molecule has 0 aliphatic carbocycles. The van der Waals surface area contributed by atoms with E-state index in [-0.39, 0.29) is 10.5 Å². The molecule has 22 heavy (non-hydrogen) atoms. The van der Waals surface area contributed by atoms with Gasteiger partial charge in [-0.2, -0.15) is 4.31 Å². The molecule has 1 amide bonds. The number of carbonyl (C=O) groups excluding carboxylic acids is 1. The second-order valence-corrected chi connectivity index (χ2v) is 7.97. The van der Waals surface area contributed by atoms with Crippen molar-refractivity contribution in [3.63, 3.8) is 0 Å². The van der Waals surface area contributed by atoms with Crippen molar-refractivity contribution in [2.75, 3.05) is 26.2 Å². The summed E-state index contributed by atoms with van der Waals surface area (Å²) in [5.74, 6) is -0.602. The number of primary amides is 1. The van der Waals surface area contributed by atoms with E-state index in [0.29, 0.717) is 24.7 Å². The van der Waals surface area contributed by atoms with E-state index >= 15 is 0 Å². The molecule has 7 heteroatoms. The zero-order valence-corrected chi connectivity index (χ0v) is 13.5. The van der Waals surface area contributed by atoms with Gasteiger partial charge in [-0.05, 0) is 44.0 Å². The van der Waals surface area contributed by atoms with Crippen molar-refractivity contribution < 1.29 is 13.2 Å². The highest BCUT2D eigenvalue weighted by Crippen LogP contribution is 2.26. The molecular weight excluding hydrogens is 302 g/mol. The van der Waals surface area contributed by atoms with Crippen LogP contribution < -0.4 is 5.73 Å². The van der Waals surface area contributed by atoms with Gasteiger partial charge >= 0.3 is 0 Å². The molecule has 0 bridgehead atoms. The van der Waals surface area contributed by atoms with Crippen molar-refractivity contribution in [2.24, 2.45) is 5.73 Å². The smallest absolute Gasteiger partial charge is 0.249 e. The Balaban J connectivity index is 1.90. The lowest BCUT2D eigenvalue weighted by atomic mass is 10.1. The van der Waals surface area contributed by atoms with Crippen molar-refractivity contribution in [1.82, 2.24) is 9.21 Å². The zero-order valence-electron chi connectivity index (χ0n) is 12.7. The number of nitrogens with zero attached hydrogens (tertiary/aromatic N) is 2. The summed E-state index contributed by atoms with van der Waals surface area (Å²) in [5.41, 5.74) is 6.27. The molecule has 1 aromatic rings. The van der Waals surface area contributed by atoms with Gasteiger partial charge in [0.1, 0.15) is 0 Å². The Morgan fingerprint density at radius 1 is 1.27 bits per heavy atom. The molecule has 2 saturated heterocycles. The summed E-state index contributed by atoms with van der Waals surface area (Å²) >= 11 is 0. The van der Waals surface area contributed by atoms with Crippen molar-refractivity contribution in [3.05, 3.63) is 29.3 Å². The summed E-state index contributed by atoms with van der Waals surface area (Å²) in [7, 11) is -3.57. The Hall–Kier alpha value is -1.44. The second kappa shape index (κ2) is 5.64. The van der Waals surface area contributed by atoms with E-state index < -0.39 is 15.9 Å². The van der Waals surface area contributed by atoms with Crippen molar-refractivity contribution in [2.45, 2.75) is 30.7 Å². The SMILES string of the molecule is Cc1ccc(S(=O)(=O)N2CCN3CCCC3C2)cc1C(N)=O. The fraction of sp³-hybridized carbons (Fsp3) is 0.533. The first-order valence-corrected chi connectivity index (χ1v) is 8.98. The number of rotatable bonds is 3. The maximum atomic E-state index is 12.8. The number of hydrogen-bond donors (Lipinski definition) is 1. The Labute approximate surface area is 130 Å². The molecule has 0 spiro atoms. The van der Waals surface area contributed by atoms with E-state index in [9.17, 15) is 13.2 Å². The van der Waals surface area contributed by atoms with Gasteiger partial charge in [0.15, 0.2) is 0 Å².